The molecule has 0 unspecified atom stereocenters. The number of benzene rings is 1. The van der Waals surface area contributed by atoms with E-state index in [0.717, 1.165) is 12.4 Å². The molecule has 0 bridgehead atoms. The van der Waals surface area contributed by atoms with Crippen LogP contribution < -0.4 is 15.4 Å². The maximum absolute atomic E-state index is 11.6. The van der Waals surface area contributed by atoms with Crippen molar-refractivity contribution in [2.45, 2.75) is 38.5 Å². The van der Waals surface area contributed by atoms with Gasteiger partial charge >= 0.3 is 12.0 Å². The number of anilines is 1. The highest BCUT2D eigenvalue weighted by Gasteiger charge is 2.13. The summed E-state index contributed by atoms with van der Waals surface area (Å²) in [6.45, 7) is 0.853. The molecule has 1 saturated carbocycles. The number of urea groups is 1. The Morgan fingerprint density at radius 1 is 1.13 bits per heavy atom. The molecule has 0 saturated heterocycles. The van der Waals surface area contributed by atoms with Crippen molar-refractivity contribution in [1.82, 2.24) is 5.32 Å². The summed E-state index contributed by atoms with van der Waals surface area (Å²) in [5.74, 6) is 0.513. The highest BCUT2D eigenvalue weighted by atomic mass is 16.5. The predicted octanol–water partition coefficient (Wildman–Crippen LogP) is 3.24. The summed E-state index contributed by atoms with van der Waals surface area (Å²) in [6, 6.07) is 6.79. The van der Waals surface area contributed by atoms with Crippen LogP contribution in [-0.2, 0) is 4.79 Å². The first-order chi connectivity index (χ1) is 11.1. The number of carbonyl (C=O) groups is 2. The Hall–Kier alpha value is -2.24. The van der Waals surface area contributed by atoms with E-state index in [0.29, 0.717) is 11.6 Å². The van der Waals surface area contributed by atoms with Gasteiger partial charge in [-0.2, -0.15) is 0 Å². The molecular formula is C17H24N2O4. The molecule has 1 fully saturated rings. The van der Waals surface area contributed by atoms with Gasteiger partial charge in [0.05, 0.1) is 13.0 Å². The molecule has 1 aliphatic carbocycles. The van der Waals surface area contributed by atoms with Gasteiger partial charge in [0.25, 0.3) is 0 Å². The number of nitrogens with one attached hydrogen (secondary N) is 2. The van der Waals surface area contributed by atoms with E-state index in [2.05, 4.69) is 10.6 Å². The van der Waals surface area contributed by atoms with Crippen molar-refractivity contribution in [3.8, 4) is 5.75 Å². The van der Waals surface area contributed by atoms with Crippen LogP contribution in [0, 0.1) is 5.92 Å². The van der Waals surface area contributed by atoms with E-state index in [1.165, 1.54) is 32.1 Å². The van der Waals surface area contributed by atoms with E-state index in [-0.39, 0.29) is 13.0 Å². The summed E-state index contributed by atoms with van der Waals surface area (Å²) in [5, 5.41) is 13.6. The Morgan fingerprint density at radius 2 is 1.83 bits per heavy atom. The maximum Gasteiger partial charge on any atom is 0.319 e. The molecule has 0 heterocycles. The van der Waals surface area contributed by atoms with E-state index in [4.69, 9.17) is 9.84 Å². The lowest BCUT2D eigenvalue weighted by atomic mass is 9.90. The van der Waals surface area contributed by atoms with Gasteiger partial charge in [-0.3, -0.25) is 4.79 Å². The number of carbonyl (C=O) groups excluding carboxylic acids is 1. The quantitative estimate of drug-likeness (QED) is 0.719. The second kappa shape index (κ2) is 9.02. The molecule has 6 heteroatoms. The molecule has 126 valence electrons. The van der Waals surface area contributed by atoms with Crippen LogP contribution in [0.15, 0.2) is 24.3 Å². The normalized spacial score (nSPS) is 15.0. The minimum absolute atomic E-state index is 0.0959. The minimum Gasteiger partial charge on any atom is -0.493 e. The summed E-state index contributed by atoms with van der Waals surface area (Å²) in [4.78, 5) is 21.9. The Labute approximate surface area is 136 Å². The predicted molar refractivity (Wildman–Crippen MR) is 87.8 cm³/mol. The first-order valence-corrected chi connectivity index (χ1v) is 8.13. The average Bonchev–Trinajstić information content (AvgIpc) is 2.55. The Balaban J connectivity index is 1.71. The molecule has 0 radical (unpaired) electrons. The van der Waals surface area contributed by atoms with Crippen LogP contribution in [0.3, 0.4) is 0 Å². The van der Waals surface area contributed by atoms with Gasteiger partial charge in [-0.1, -0.05) is 19.3 Å². The summed E-state index contributed by atoms with van der Waals surface area (Å²) in [7, 11) is 0. The van der Waals surface area contributed by atoms with Crippen LogP contribution in [0.5, 0.6) is 5.75 Å². The average molecular weight is 320 g/mol. The molecule has 23 heavy (non-hydrogen) atoms. The molecule has 2 amide bonds. The van der Waals surface area contributed by atoms with Gasteiger partial charge in [-0.15, -0.1) is 0 Å². The molecule has 1 aromatic carbocycles. The molecule has 1 aliphatic rings. The van der Waals surface area contributed by atoms with Gasteiger partial charge in [0, 0.05) is 12.2 Å². The summed E-state index contributed by atoms with van der Waals surface area (Å²) < 4.78 is 5.80. The lowest BCUT2D eigenvalue weighted by molar-refractivity contribution is -0.136. The summed E-state index contributed by atoms with van der Waals surface area (Å²) in [6.07, 6.45) is 6.33. The number of carboxylic acids is 1. The highest BCUT2D eigenvalue weighted by Crippen LogP contribution is 2.25. The summed E-state index contributed by atoms with van der Waals surface area (Å²) in [5.41, 5.74) is 0.642. The number of amides is 2. The van der Waals surface area contributed by atoms with Gasteiger partial charge in [-0.05, 0) is 43.0 Å². The zero-order chi connectivity index (χ0) is 16.5. The third kappa shape index (κ3) is 6.59. The van der Waals surface area contributed by atoms with E-state index < -0.39 is 12.0 Å². The Morgan fingerprint density at radius 3 is 2.48 bits per heavy atom. The monoisotopic (exact) mass is 320 g/mol. The fourth-order valence-corrected chi connectivity index (χ4v) is 2.66. The van der Waals surface area contributed by atoms with Gasteiger partial charge in [-0.25, -0.2) is 4.79 Å². The SMILES string of the molecule is O=C(O)CCNC(=O)Nc1ccc(OCC2CCCCC2)cc1. The lowest BCUT2D eigenvalue weighted by Gasteiger charge is -2.21. The highest BCUT2D eigenvalue weighted by molar-refractivity contribution is 5.89. The van der Waals surface area contributed by atoms with Crippen LogP contribution in [0.4, 0.5) is 10.5 Å². The molecule has 1 aromatic rings. The van der Waals surface area contributed by atoms with Crippen molar-refractivity contribution >= 4 is 17.7 Å². The number of hydrogen-bond acceptors (Lipinski definition) is 3. The van der Waals surface area contributed by atoms with Crippen LogP contribution in [-0.4, -0.2) is 30.3 Å². The molecule has 3 N–H and O–H groups in total. The third-order valence-electron chi connectivity index (χ3n) is 3.95. The zero-order valence-electron chi connectivity index (χ0n) is 13.2. The molecule has 0 aromatic heterocycles. The number of hydrogen-bond donors (Lipinski definition) is 3. The van der Waals surface area contributed by atoms with Crippen LogP contribution in [0.2, 0.25) is 0 Å². The standard InChI is InChI=1S/C17H24N2O4/c20-16(21)10-11-18-17(22)19-14-6-8-15(9-7-14)23-12-13-4-2-1-3-5-13/h6-9,13H,1-5,10-12H2,(H,20,21)(H2,18,19,22). The van der Waals surface area contributed by atoms with Crippen molar-refractivity contribution in [3.05, 3.63) is 24.3 Å². The molecule has 0 aliphatic heterocycles. The topological polar surface area (TPSA) is 87.7 Å². The van der Waals surface area contributed by atoms with E-state index in [9.17, 15) is 9.59 Å². The van der Waals surface area contributed by atoms with E-state index in [1.807, 2.05) is 12.1 Å². The fourth-order valence-electron chi connectivity index (χ4n) is 2.66. The smallest absolute Gasteiger partial charge is 0.319 e. The van der Waals surface area contributed by atoms with Crippen molar-refractivity contribution in [3.63, 3.8) is 0 Å². The lowest BCUT2D eigenvalue weighted by Crippen LogP contribution is -2.30. The fraction of sp³-hybridized carbons (Fsp3) is 0.529. The number of aliphatic carboxylic acids is 1. The molecule has 0 spiro atoms. The van der Waals surface area contributed by atoms with Crippen molar-refractivity contribution < 1.29 is 19.4 Å². The van der Waals surface area contributed by atoms with Crippen LogP contribution >= 0.6 is 0 Å². The van der Waals surface area contributed by atoms with Gasteiger partial charge < -0.3 is 20.5 Å². The summed E-state index contributed by atoms with van der Waals surface area (Å²) >= 11 is 0. The largest absolute Gasteiger partial charge is 0.493 e. The molecular weight excluding hydrogens is 296 g/mol. The van der Waals surface area contributed by atoms with Crippen LogP contribution in [0.1, 0.15) is 38.5 Å². The third-order valence-corrected chi connectivity index (χ3v) is 3.95. The second-order valence-corrected chi connectivity index (χ2v) is 5.86. The van der Waals surface area contributed by atoms with Crippen LogP contribution in [0.25, 0.3) is 0 Å². The van der Waals surface area contributed by atoms with Crippen molar-refractivity contribution in [1.29, 1.82) is 0 Å². The second-order valence-electron chi connectivity index (χ2n) is 5.86. The number of carboxylic acid groups (broad SMARTS) is 1. The Kier molecular flexibility index (Phi) is 6.72. The maximum atomic E-state index is 11.6. The molecule has 6 nitrogen and oxygen atoms in total. The van der Waals surface area contributed by atoms with Gasteiger partial charge in [0.15, 0.2) is 0 Å². The number of ether oxygens (including phenoxy) is 1. The van der Waals surface area contributed by atoms with Gasteiger partial charge in [0.2, 0.25) is 0 Å². The minimum atomic E-state index is -0.940. The zero-order valence-corrected chi connectivity index (χ0v) is 13.2. The number of rotatable bonds is 7. The molecule has 0 atom stereocenters. The Bertz CT molecular complexity index is 510. The first kappa shape index (κ1) is 17.1. The van der Waals surface area contributed by atoms with Gasteiger partial charge in [0.1, 0.15) is 5.75 Å². The van der Waals surface area contributed by atoms with Crippen molar-refractivity contribution in [2.75, 3.05) is 18.5 Å². The molecule has 2 rings (SSSR count). The van der Waals surface area contributed by atoms with E-state index in [1.54, 1.807) is 12.1 Å². The van der Waals surface area contributed by atoms with E-state index >= 15 is 0 Å². The van der Waals surface area contributed by atoms with Crippen molar-refractivity contribution in [2.24, 2.45) is 5.92 Å². The first-order valence-electron chi connectivity index (χ1n) is 8.13.